The number of carbonyl (C=O) groups is 3. The van der Waals surface area contributed by atoms with Gasteiger partial charge in [0.1, 0.15) is 0 Å². The number of hydrogen-bond acceptors (Lipinski definition) is 6. The molecule has 3 amide bonds. The van der Waals surface area contributed by atoms with Gasteiger partial charge in [-0.25, -0.2) is 0 Å². The van der Waals surface area contributed by atoms with E-state index in [0.29, 0.717) is 31.9 Å². The van der Waals surface area contributed by atoms with Crippen LogP contribution in [0.25, 0.3) is 6.08 Å². The normalized spacial score (nSPS) is 14.2. The maximum Gasteiger partial charge on any atom is 0.293 e. The van der Waals surface area contributed by atoms with E-state index < -0.39 is 17.1 Å². The largest absolute Gasteiger partial charge is 0.493 e. The van der Waals surface area contributed by atoms with Gasteiger partial charge >= 0.3 is 0 Å². The smallest absolute Gasteiger partial charge is 0.293 e. The van der Waals surface area contributed by atoms with Crippen LogP contribution >= 0.6 is 58.2 Å². The van der Waals surface area contributed by atoms with Crippen LogP contribution in [0.4, 0.5) is 10.5 Å². The Morgan fingerprint density at radius 1 is 1.00 bits per heavy atom. The maximum atomic E-state index is 13.0. The summed E-state index contributed by atoms with van der Waals surface area (Å²) in [5.41, 5.74) is 1.53. The molecule has 1 aliphatic rings. The molecule has 0 aliphatic carbocycles. The first kappa shape index (κ1) is 28.1. The molecule has 0 bridgehead atoms. The van der Waals surface area contributed by atoms with Gasteiger partial charge in [0.25, 0.3) is 17.1 Å². The van der Waals surface area contributed by atoms with E-state index in [-0.39, 0.29) is 34.6 Å². The van der Waals surface area contributed by atoms with Crippen molar-refractivity contribution in [2.45, 2.75) is 6.54 Å². The van der Waals surface area contributed by atoms with Crippen LogP contribution in [0, 0.1) is 0 Å². The van der Waals surface area contributed by atoms with Crippen LogP contribution in [0.5, 0.6) is 11.5 Å². The molecule has 0 radical (unpaired) electrons. The lowest BCUT2D eigenvalue weighted by Crippen LogP contribution is -2.27. The highest BCUT2D eigenvalue weighted by atomic mass is 35.5. The van der Waals surface area contributed by atoms with Crippen molar-refractivity contribution >= 4 is 87.0 Å². The number of imide groups is 1. The Morgan fingerprint density at radius 3 is 2.34 bits per heavy atom. The Kier molecular flexibility index (Phi) is 9.12. The molecule has 0 aromatic heterocycles. The number of benzene rings is 3. The molecule has 3 aromatic rings. The topological polar surface area (TPSA) is 84.9 Å². The molecule has 0 atom stereocenters. The number of anilines is 1. The third kappa shape index (κ3) is 6.57. The minimum Gasteiger partial charge on any atom is -0.493 e. The number of nitrogens with one attached hydrogen (secondary N) is 1. The number of methoxy groups -OCH3 is 1. The highest BCUT2D eigenvalue weighted by Crippen LogP contribution is 2.40. The first-order valence-corrected chi connectivity index (χ1v) is 13.2. The first-order valence-electron chi connectivity index (χ1n) is 10.9. The summed E-state index contributed by atoms with van der Waals surface area (Å²) >= 11 is 25.5. The van der Waals surface area contributed by atoms with Crippen molar-refractivity contribution < 1.29 is 23.9 Å². The molecule has 0 unspecified atom stereocenters. The molecule has 1 saturated heterocycles. The van der Waals surface area contributed by atoms with Gasteiger partial charge < -0.3 is 14.8 Å². The molecule has 196 valence electrons. The third-order valence-electron chi connectivity index (χ3n) is 5.28. The summed E-state index contributed by atoms with van der Waals surface area (Å²) < 4.78 is 11.0. The van der Waals surface area contributed by atoms with Crippen molar-refractivity contribution in [3.63, 3.8) is 0 Å². The molecule has 38 heavy (non-hydrogen) atoms. The number of ether oxygens (including phenoxy) is 2. The van der Waals surface area contributed by atoms with Gasteiger partial charge in [0.05, 0.1) is 23.6 Å². The fourth-order valence-corrected chi connectivity index (χ4v) is 5.22. The number of nitrogens with zero attached hydrogens (tertiary/aromatic N) is 1. The molecular formula is C26H18Cl4N2O5S. The minimum atomic E-state index is -0.495. The summed E-state index contributed by atoms with van der Waals surface area (Å²) in [7, 11) is 1.41. The molecular weight excluding hydrogens is 594 g/mol. The average Bonchev–Trinajstić information content (AvgIpc) is 3.13. The van der Waals surface area contributed by atoms with Gasteiger partial charge in [-0.3, -0.25) is 19.3 Å². The zero-order valence-corrected chi connectivity index (χ0v) is 23.4. The van der Waals surface area contributed by atoms with E-state index in [1.807, 2.05) is 0 Å². The SMILES string of the molecule is COc1cc(/C=C2\SC(=O)N(Cc3c(Cl)cccc3Cl)C2=O)cc(Cl)c1OCC(=O)Nc1ccc(Cl)cc1. The predicted molar refractivity (Wildman–Crippen MR) is 152 cm³/mol. The van der Waals surface area contributed by atoms with Gasteiger partial charge in [-0.1, -0.05) is 52.5 Å². The second-order valence-electron chi connectivity index (χ2n) is 7.85. The molecule has 4 rings (SSSR count). The number of thioether (sulfide) groups is 1. The molecule has 3 aromatic carbocycles. The van der Waals surface area contributed by atoms with Crippen molar-refractivity contribution in [1.82, 2.24) is 4.90 Å². The summed E-state index contributed by atoms with van der Waals surface area (Å²) in [6.07, 6.45) is 1.52. The summed E-state index contributed by atoms with van der Waals surface area (Å²) in [5, 5.41) is 3.64. The standard InChI is InChI=1S/C26H18Cl4N2O5S/c1-36-21-10-14(9-20(30)24(21)37-13-23(33)31-16-7-5-15(27)6-8-16)11-22-25(34)32(26(35)38-22)12-17-18(28)3-2-4-19(17)29/h2-11H,12-13H2,1H3,(H,31,33)/b22-11-. The number of carbonyl (C=O) groups excluding carboxylic acids is 3. The third-order valence-corrected chi connectivity index (χ3v) is 7.42. The Bertz CT molecular complexity index is 1430. The van der Waals surface area contributed by atoms with Crippen LogP contribution in [0.3, 0.4) is 0 Å². The lowest BCUT2D eigenvalue weighted by molar-refractivity contribution is -0.123. The Morgan fingerprint density at radius 2 is 1.68 bits per heavy atom. The van der Waals surface area contributed by atoms with Gasteiger partial charge in [0.15, 0.2) is 18.1 Å². The quantitative estimate of drug-likeness (QED) is 0.265. The van der Waals surface area contributed by atoms with Crippen LogP contribution in [0.1, 0.15) is 11.1 Å². The van der Waals surface area contributed by atoms with Crippen molar-refractivity contribution in [1.29, 1.82) is 0 Å². The van der Waals surface area contributed by atoms with Gasteiger partial charge in [0.2, 0.25) is 0 Å². The number of hydrogen-bond donors (Lipinski definition) is 1. The minimum absolute atomic E-state index is 0.0601. The van der Waals surface area contributed by atoms with E-state index in [1.54, 1.807) is 48.5 Å². The number of halogens is 4. The zero-order valence-electron chi connectivity index (χ0n) is 19.6. The van der Waals surface area contributed by atoms with Crippen LogP contribution in [-0.4, -0.2) is 35.7 Å². The second-order valence-corrected chi connectivity index (χ2v) is 10.5. The molecule has 7 nitrogen and oxygen atoms in total. The molecule has 1 N–H and O–H groups in total. The monoisotopic (exact) mass is 610 g/mol. The first-order chi connectivity index (χ1) is 18.2. The molecule has 1 aliphatic heterocycles. The molecule has 0 spiro atoms. The van der Waals surface area contributed by atoms with Crippen LogP contribution in [0.2, 0.25) is 20.1 Å². The fourth-order valence-electron chi connectivity index (χ4n) is 3.46. The van der Waals surface area contributed by atoms with Gasteiger partial charge in [-0.05, 0) is 71.9 Å². The molecule has 0 saturated carbocycles. The fraction of sp³-hybridized carbons (Fsp3) is 0.115. The van der Waals surface area contributed by atoms with E-state index in [1.165, 1.54) is 19.3 Å². The van der Waals surface area contributed by atoms with E-state index >= 15 is 0 Å². The van der Waals surface area contributed by atoms with Gasteiger partial charge in [-0.2, -0.15) is 0 Å². The Labute approximate surface area is 242 Å². The summed E-state index contributed by atoms with van der Waals surface area (Å²) in [5.74, 6) is -0.517. The van der Waals surface area contributed by atoms with Crippen LogP contribution in [0.15, 0.2) is 59.5 Å². The Hall–Kier alpha value is -2.88. The number of amides is 3. The van der Waals surface area contributed by atoms with Gasteiger partial charge in [0, 0.05) is 26.3 Å². The Balaban J connectivity index is 1.48. The molecule has 12 heteroatoms. The zero-order chi connectivity index (χ0) is 27.4. The van der Waals surface area contributed by atoms with Crippen molar-refractivity contribution in [2.24, 2.45) is 0 Å². The lowest BCUT2D eigenvalue weighted by atomic mass is 10.1. The van der Waals surface area contributed by atoms with Crippen molar-refractivity contribution in [3.05, 3.63) is 90.7 Å². The van der Waals surface area contributed by atoms with E-state index in [0.717, 1.165) is 16.7 Å². The van der Waals surface area contributed by atoms with Crippen molar-refractivity contribution in [2.75, 3.05) is 19.0 Å². The average molecular weight is 612 g/mol. The molecule has 1 heterocycles. The van der Waals surface area contributed by atoms with Crippen LogP contribution in [-0.2, 0) is 16.1 Å². The van der Waals surface area contributed by atoms with E-state index in [9.17, 15) is 14.4 Å². The van der Waals surface area contributed by atoms with Crippen molar-refractivity contribution in [3.8, 4) is 11.5 Å². The van der Waals surface area contributed by atoms with Crippen LogP contribution < -0.4 is 14.8 Å². The van der Waals surface area contributed by atoms with E-state index in [4.69, 9.17) is 55.9 Å². The lowest BCUT2D eigenvalue weighted by Gasteiger charge is -2.15. The van der Waals surface area contributed by atoms with E-state index in [2.05, 4.69) is 5.32 Å². The highest BCUT2D eigenvalue weighted by molar-refractivity contribution is 8.18. The summed E-state index contributed by atoms with van der Waals surface area (Å²) in [6, 6.07) is 14.7. The second kappa shape index (κ2) is 12.3. The van der Waals surface area contributed by atoms with Gasteiger partial charge in [-0.15, -0.1) is 0 Å². The highest BCUT2D eigenvalue weighted by Gasteiger charge is 2.36. The predicted octanol–water partition coefficient (Wildman–Crippen LogP) is 7.56. The summed E-state index contributed by atoms with van der Waals surface area (Å²) in [6.45, 7) is -0.392. The summed E-state index contributed by atoms with van der Waals surface area (Å²) in [4.78, 5) is 39.1. The molecule has 1 fully saturated rings. The maximum absolute atomic E-state index is 13.0. The number of rotatable bonds is 8.